The summed E-state index contributed by atoms with van der Waals surface area (Å²) in [5.74, 6) is -0.807. The topological polar surface area (TPSA) is 97.1 Å². The van der Waals surface area contributed by atoms with Gasteiger partial charge >= 0.3 is 5.97 Å². The molecule has 0 bridgehead atoms. The number of pyridine rings is 1. The fraction of sp³-hybridized carbons (Fsp3) is 0.0769. The molecule has 2 aromatic rings. The largest absolute Gasteiger partial charge is 0.478 e. The number of carbonyl (C=O) groups is 2. The number of aromatic nitrogens is 3. The lowest BCUT2D eigenvalue weighted by Crippen LogP contribution is -2.13. The molecule has 3 rings (SSSR count). The first-order valence-electron chi connectivity index (χ1n) is 5.85. The van der Waals surface area contributed by atoms with Crippen molar-refractivity contribution in [2.45, 2.75) is 6.54 Å². The molecule has 1 aliphatic rings. The van der Waals surface area contributed by atoms with Gasteiger partial charge in [-0.3, -0.25) is 4.79 Å². The van der Waals surface area contributed by atoms with Crippen molar-refractivity contribution in [2.75, 3.05) is 5.32 Å². The van der Waals surface area contributed by atoms with E-state index >= 15 is 0 Å². The number of carboxylic acids is 1. The molecule has 20 heavy (non-hydrogen) atoms. The van der Waals surface area contributed by atoms with Crippen molar-refractivity contribution >= 4 is 23.8 Å². The molecule has 0 saturated carbocycles. The summed E-state index contributed by atoms with van der Waals surface area (Å²) in [5.41, 5.74) is 1.91. The highest BCUT2D eigenvalue weighted by Crippen LogP contribution is 2.21. The number of aliphatic carboxylic acids is 1. The van der Waals surface area contributed by atoms with Crippen molar-refractivity contribution in [3.05, 3.63) is 47.7 Å². The molecule has 0 atom stereocenters. The van der Waals surface area contributed by atoms with Crippen molar-refractivity contribution in [3.63, 3.8) is 0 Å². The molecule has 7 heteroatoms. The highest BCUT2D eigenvalue weighted by atomic mass is 16.4. The zero-order chi connectivity index (χ0) is 14.1. The maximum atomic E-state index is 11.9. The van der Waals surface area contributed by atoms with Crippen LogP contribution in [-0.2, 0) is 11.3 Å². The summed E-state index contributed by atoms with van der Waals surface area (Å²) in [6.45, 7) is 0.450. The molecule has 3 heterocycles. The number of rotatable bonds is 2. The highest BCUT2D eigenvalue weighted by Gasteiger charge is 2.19. The minimum absolute atomic E-state index is 0.262. The number of imidazole rings is 1. The molecule has 1 amide bonds. The first kappa shape index (κ1) is 12.1. The van der Waals surface area contributed by atoms with Crippen LogP contribution in [0.25, 0.3) is 6.08 Å². The average Bonchev–Trinajstić information content (AvgIpc) is 2.82. The fourth-order valence-electron chi connectivity index (χ4n) is 2.01. The first-order chi connectivity index (χ1) is 9.63. The number of nitrogens with one attached hydrogen (secondary N) is 1. The Balaban J connectivity index is 2.01. The molecular formula is C13H10N4O3. The molecule has 0 unspecified atom stereocenters. The Bertz CT molecular complexity index is 733. The van der Waals surface area contributed by atoms with E-state index in [1.807, 2.05) is 0 Å². The molecule has 0 radical (unpaired) electrons. The second kappa shape index (κ2) is 4.61. The van der Waals surface area contributed by atoms with E-state index in [1.54, 1.807) is 17.0 Å². The fourth-order valence-corrected chi connectivity index (χ4v) is 2.01. The smallest absolute Gasteiger partial charge is 0.328 e. The summed E-state index contributed by atoms with van der Waals surface area (Å²) in [6.07, 6.45) is 7.08. The van der Waals surface area contributed by atoms with Crippen molar-refractivity contribution in [1.82, 2.24) is 14.5 Å². The minimum Gasteiger partial charge on any atom is -0.478 e. The Morgan fingerprint density at radius 1 is 1.45 bits per heavy atom. The summed E-state index contributed by atoms with van der Waals surface area (Å²) in [7, 11) is 0. The van der Waals surface area contributed by atoms with Crippen molar-refractivity contribution < 1.29 is 14.7 Å². The summed E-state index contributed by atoms with van der Waals surface area (Å²) in [4.78, 5) is 30.5. The molecule has 0 spiro atoms. The van der Waals surface area contributed by atoms with Crippen LogP contribution < -0.4 is 5.32 Å². The predicted octanol–water partition coefficient (Wildman–Crippen LogP) is 0.990. The summed E-state index contributed by atoms with van der Waals surface area (Å²) in [5, 5.41) is 11.3. The predicted molar refractivity (Wildman–Crippen MR) is 70.2 cm³/mol. The van der Waals surface area contributed by atoms with Crippen LogP contribution in [0, 0.1) is 0 Å². The van der Waals surface area contributed by atoms with E-state index in [0.29, 0.717) is 23.6 Å². The SMILES string of the molecule is O=C(O)C=Cc1cnc2c(c1)Cn1cncc1C(=O)N2. The van der Waals surface area contributed by atoms with E-state index < -0.39 is 5.97 Å². The van der Waals surface area contributed by atoms with Gasteiger partial charge in [-0.1, -0.05) is 0 Å². The highest BCUT2D eigenvalue weighted by molar-refractivity contribution is 6.03. The van der Waals surface area contributed by atoms with Crippen LogP contribution in [0.15, 0.2) is 30.9 Å². The molecule has 0 aromatic carbocycles. The summed E-state index contributed by atoms with van der Waals surface area (Å²) >= 11 is 0. The van der Waals surface area contributed by atoms with Gasteiger partial charge in [0.15, 0.2) is 0 Å². The maximum absolute atomic E-state index is 11.9. The van der Waals surface area contributed by atoms with Gasteiger partial charge in [0.1, 0.15) is 11.5 Å². The van der Waals surface area contributed by atoms with Crippen molar-refractivity contribution in [1.29, 1.82) is 0 Å². The van der Waals surface area contributed by atoms with Gasteiger partial charge in [-0.25, -0.2) is 14.8 Å². The Labute approximate surface area is 113 Å². The van der Waals surface area contributed by atoms with Crippen LogP contribution >= 0.6 is 0 Å². The van der Waals surface area contributed by atoms with Crippen LogP contribution in [0.3, 0.4) is 0 Å². The van der Waals surface area contributed by atoms with E-state index in [9.17, 15) is 9.59 Å². The Kier molecular flexibility index (Phi) is 2.79. The van der Waals surface area contributed by atoms with Gasteiger partial charge in [0.25, 0.3) is 5.91 Å². The van der Waals surface area contributed by atoms with E-state index in [4.69, 9.17) is 5.11 Å². The first-order valence-corrected chi connectivity index (χ1v) is 5.85. The second-order valence-corrected chi connectivity index (χ2v) is 4.31. The number of carboxylic acid groups (broad SMARTS) is 1. The third kappa shape index (κ3) is 2.16. The van der Waals surface area contributed by atoms with E-state index in [1.165, 1.54) is 18.5 Å². The van der Waals surface area contributed by atoms with E-state index in [0.717, 1.165) is 11.6 Å². The van der Waals surface area contributed by atoms with Gasteiger partial charge in [0.05, 0.1) is 19.1 Å². The third-order valence-electron chi connectivity index (χ3n) is 2.92. The lowest BCUT2D eigenvalue weighted by molar-refractivity contribution is -0.131. The minimum atomic E-state index is -1.02. The van der Waals surface area contributed by atoms with Crippen LogP contribution in [-0.4, -0.2) is 31.5 Å². The zero-order valence-electron chi connectivity index (χ0n) is 10.3. The Hall–Kier alpha value is -2.96. The number of anilines is 1. The molecule has 0 saturated heterocycles. The summed E-state index contributed by atoms with van der Waals surface area (Å²) < 4.78 is 1.72. The van der Waals surface area contributed by atoms with Crippen LogP contribution in [0.5, 0.6) is 0 Å². The van der Waals surface area contributed by atoms with Gasteiger partial charge in [0.2, 0.25) is 0 Å². The number of nitrogens with zero attached hydrogens (tertiary/aromatic N) is 3. The van der Waals surface area contributed by atoms with Gasteiger partial charge in [-0.15, -0.1) is 0 Å². The van der Waals surface area contributed by atoms with Gasteiger partial charge < -0.3 is 15.0 Å². The lowest BCUT2D eigenvalue weighted by atomic mass is 10.1. The quantitative estimate of drug-likeness (QED) is 0.793. The number of amides is 1. The average molecular weight is 270 g/mol. The molecule has 2 aromatic heterocycles. The summed E-state index contributed by atoms with van der Waals surface area (Å²) in [6, 6.07) is 1.79. The lowest BCUT2D eigenvalue weighted by Gasteiger charge is -2.06. The number of hydrogen-bond acceptors (Lipinski definition) is 4. The molecule has 1 aliphatic heterocycles. The maximum Gasteiger partial charge on any atom is 0.328 e. The normalized spacial score (nSPS) is 13.5. The van der Waals surface area contributed by atoms with E-state index in [2.05, 4.69) is 15.3 Å². The van der Waals surface area contributed by atoms with E-state index in [-0.39, 0.29) is 5.91 Å². The van der Waals surface area contributed by atoms with Gasteiger partial charge in [-0.2, -0.15) is 0 Å². The van der Waals surface area contributed by atoms with Crippen LogP contribution in [0.1, 0.15) is 21.6 Å². The van der Waals surface area contributed by atoms with Gasteiger partial charge in [-0.05, 0) is 17.7 Å². The monoisotopic (exact) mass is 270 g/mol. The molecule has 7 nitrogen and oxygen atoms in total. The van der Waals surface area contributed by atoms with Crippen LogP contribution in [0.4, 0.5) is 5.82 Å². The molecule has 100 valence electrons. The Morgan fingerprint density at radius 2 is 2.30 bits per heavy atom. The number of carbonyl (C=O) groups excluding carboxylic acids is 1. The van der Waals surface area contributed by atoms with Gasteiger partial charge in [0, 0.05) is 17.8 Å². The van der Waals surface area contributed by atoms with Crippen molar-refractivity contribution in [2.24, 2.45) is 0 Å². The number of fused-ring (bicyclic) bond motifs is 2. The standard InChI is InChI=1S/C13H10N4O3/c18-11(19)2-1-8-3-9-6-17-7-14-5-10(17)13(20)16-12(9)15-4-8/h1-5,7H,6H2,(H,18,19)(H,15,16,20). The molecule has 2 N–H and O–H groups in total. The third-order valence-corrected chi connectivity index (χ3v) is 2.92. The van der Waals surface area contributed by atoms with Crippen LogP contribution in [0.2, 0.25) is 0 Å². The molecule has 0 fully saturated rings. The van der Waals surface area contributed by atoms with Crippen molar-refractivity contribution in [3.8, 4) is 0 Å². The second-order valence-electron chi connectivity index (χ2n) is 4.31. The zero-order valence-corrected chi connectivity index (χ0v) is 10.3. The molecule has 0 aliphatic carbocycles. The number of hydrogen-bond donors (Lipinski definition) is 2. The Morgan fingerprint density at radius 3 is 3.10 bits per heavy atom. The molecular weight excluding hydrogens is 260 g/mol.